The first-order valence-corrected chi connectivity index (χ1v) is 8.20. The lowest BCUT2D eigenvalue weighted by molar-refractivity contribution is 0.355. The van der Waals surface area contributed by atoms with E-state index in [0.717, 1.165) is 22.0 Å². The number of methoxy groups -OCH3 is 2. The Morgan fingerprint density at radius 1 is 1.04 bits per heavy atom. The Balaban J connectivity index is 0.00000225. The number of benzene rings is 2. The molecule has 2 aromatic carbocycles. The molecule has 0 aliphatic carbocycles. The van der Waals surface area contributed by atoms with E-state index in [1.54, 1.807) is 20.4 Å². The van der Waals surface area contributed by atoms with E-state index < -0.39 is 0 Å². The molecule has 0 aliphatic rings. The molecule has 1 heterocycles. The van der Waals surface area contributed by atoms with Crippen LogP contribution in [-0.4, -0.2) is 25.4 Å². The van der Waals surface area contributed by atoms with Crippen LogP contribution in [0, 0.1) is 0 Å². The van der Waals surface area contributed by atoms with Gasteiger partial charge >= 0.3 is 0 Å². The number of ether oxygens (including phenoxy) is 2. The summed E-state index contributed by atoms with van der Waals surface area (Å²) in [6, 6.07) is 15.6. The number of hydrogen-bond donors (Lipinski definition) is 1. The Labute approximate surface area is 161 Å². The molecule has 0 amide bonds. The van der Waals surface area contributed by atoms with Gasteiger partial charge in [-0.05, 0) is 23.8 Å². The topological polar surface area (TPSA) is 55.7 Å². The molecule has 0 spiro atoms. The van der Waals surface area contributed by atoms with Crippen LogP contribution in [0.15, 0.2) is 59.0 Å². The molecule has 7 heteroatoms. The van der Waals surface area contributed by atoms with Crippen LogP contribution < -0.4 is 14.9 Å². The summed E-state index contributed by atoms with van der Waals surface area (Å²) < 4.78 is 10.6. The van der Waals surface area contributed by atoms with E-state index in [4.69, 9.17) is 9.47 Å². The van der Waals surface area contributed by atoms with Crippen molar-refractivity contribution in [3.63, 3.8) is 0 Å². The van der Waals surface area contributed by atoms with Gasteiger partial charge < -0.3 is 9.47 Å². The quantitative estimate of drug-likeness (QED) is 0.458. The second-order valence-electron chi connectivity index (χ2n) is 4.89. The zero-order valence-corrected chi connectivity index (χ0v) is 16.3. The highest BCUT2D eigenvalue weighted by atomic mass is 79.9. The fraction of sp³-hybridized carbons (Fsp3) is 0.111. The van der Waals surface area contributed by atoms with E-state index >= 15 is 0 Å². The van der Waals surface area contributed by atoms with Crippen molar-refractivity contribution in [2.75, 3.05) is 19.6 Å². The normalized spacial score (nSPS) is 10.3. The highest BCUT2D eigenvalue weighted by Crippen LogP contribution is 2.33. The molecule has 1 N–H and O–H groups in total. The summed E-state index contributed by atoms with van der Waals surface area (Å²) in [4.78, 5) is 4.54. The summed E-state index contributed by atoms with van der Waals surface area (Å²) in [7, 11) is 3.24. The molecule has 0 saturated heterocycles. The van der Waals surface area contributed by atoms with Gasteiger partial charge in [-0.2, -0.15) is 5.10 Å². The third kappa shape index (κ3) is 4.80. The van der Waals surface area contributed by atoms with E-state index in [1.165, 1.54) is 11.3 Å². The summed E-state index contributed by atoms with van der Waals surface area (Å²) in [6.07, 6.45) is 1.76. The lowest BCUT2D eigenvalue weighted by atomic mass is 10.1. The molecule has 25 heavy (non-hydrogen) atoms. The van der Waals surface area contributed by atoms with Crippen molar-refractivity contribution in [3.05, 3.63) is 59.5 Å². The van der Waals surface area contributed by atoms with Gasteiger partial charge in [-0.15, -0.1) is 28.3 Å². The van der Waals surface area contributed by atoms with Gasteiger partial charge in [0, 0.05) is 10.9 Å². The van der Waals surface area contributed by atoms with E-state index in [9.17, 15) is 0 Å². The third-order valence-electron chi connectivity index (χ3n) is 3.36. The maximum atomic E-state index is 5.33. The highest BCUT2D eigenvalue weighted by molar-refractivity contribution is 8.93. The number of thiazole rings is 1. The first-order chi connectivity index (χ1) is 11.8. The third-order valence-corrected chi connectivity index (χ3v) is 4.10. The lowest BCUT2D eigenvalue weighted by Crippen LogP contribution is -1.92. The van der Waals surface area contributed by atoms with Crippen LogP contribution >= 0.6 is 28.3 Å². The Kier molecular flexibility index (Phi) is 6.97. The average Bonchev–Trinajstić information content (AvgIpc) is 3.11. The van der Waals surface area contributed by atoms with Crippen LogP contribution in [0.5, 0.6) is 11.5 Å². The zero-order chi connectivity index (χ0) is 16.8. The summed E-state index contributed by atoms with van der Waals surface area (Å²) in [5.74, 6) is 1.38. The average molecular weight is 420 g/mol. The smallest absolute Gasteiger partial charge is 0.203 e. The molecule has 0 atom stereocenters. The first-order valence-electron chi connectivity index (χ1n) is 7.32. The minimum absolute atomic E-state index is 0. The molecular formula is C18H18BrN3O2S. The van der Waals surface area contributed by atoms with Crippen LogP contribution in [0.1, 0.15) is 5.56 Å². The fourth-order valence-corrected chi connectivity index (χ4v) is 2.82. The predicted molar refractivity (Wildman–Crippen MR) is 109 cm³/mol. The lowest BCUT2D eigenvalue weighted by Gasteiger charge is -2.08. The standard InChI is InChI=1S/C18H17N3O2S.BrH/c1-22-16-9-8-14(10-17(16)23-2)15-12-24-18(20-15)21-19-11-13-6-4-3-5-7-13;/h3-12H,1-2H3,(H,20,21);1H/b19-11+;. The Hall–Kier alpha value is -2.38. The molecule has 3 aromatic rings. The van der Waals surface area contributed by atoms with E-state index in [2.05, 4.69) is 15.5 Å². The van der Waals surface area contributed by atoms with Crippen molar-refractivity contribution in [1.29, 1.82) is 0 Å². The minimum atomic E-state index is 0. The molecule has 1 aromatic heterocycles. The molecule has 5 nitrogen and oxygen atoms in total. The summed E-state index contributed by atoms with van der Waals surface area (Å²) in [5, 5.41) is 6.91. The van der Waals surface area contributed by atoms with Crippen molar-refractivity contribution < 1.29 is 9.47 Å². The van der Waals surface area contributed by atoms with Gasteiger partial charge in [-0.1, -0.05) is 30.3 Å². The molecule has 0 radical (unpaired) electrons. The number of hydrazone groups is 1. The van der Waals surface area contributed by atoms with Gasteiger partial charge in [0.25, 0.3) is 0 Å². The van der Waals surface area contributed by atoms with Gasteiger partial charge in [0.05, 0.1) is 26.1 Å². The van der Waals surface area contributed by atoms with Crippen molar-refractivity contribution in [1.82, 2.24) is 4.98 Å². The molecule has 3 rings (SSSR count). The van der Waals surface area contributed by atoms with Gasteiger partial charge in [0.2, 0.25) is 5.13 Å². The largest absolute Gasteiger partial charge is 0.493 e. The number of hydrogen-bond acceptors (Lipinski definition) is 6. The van der Waals surface area contributed by atoms with Crippen LogP contribution in [0.25, 0.3) is 11.3 Å². The van der Waals surface area contributed by atoms with Gasteiger partial charge in [0.1, 0.15) is 0 Å². The Morgan fingerprint density at radius 2 is 1.80 bits per heavy atom. The fourth-order valence-electron chi connectivity index (χ4n) is 2.15. The van der Waals surface area contributed by atoms with Crippen molar-refractivity contribution in [2.24, 2.45) is 5.10 Å². The molecular weight excluding hydrogens is 402 g/mol. The second kappa shape index (κ2) is 9.19. The van der Waals surface area contributed by atoms with Crippen molar-refractivity contribution in [2.45, 2.75) is 0 Å². The van der Waals surface area contributed by atoms with Crippen LogP contribution in [0.2, 0.25) is 0 Å². The summed E-state index contributed by atoms with van der Waals surface area (Å²) in [6.45, 7) is 0. The number of nitrogens with zero attached hydrogens (tertiary/aromatic N) is 2. The number of anilines is 1. The molecule has 130 valence electrons. The van der Waals surface area contributed by atoms with Crippen LogP contribution in [-0.2, 0) is 0 Å². The number of nitrogens with one attached hydrogen (secondary N) is 1. The van der Waals surface area contributed by atoms with E-state index in [1.807, 2.05) is 53.9 Å². The van der Waals surface area contributed by atoms with Gasteiger partial charge in [0.15, 0.2) is 11.5 Å². The van der Waals surface area contributed by atoms with Gasteiger partial charge in [-0.3, -0.25) is 5.43 Å². The second-order valence-corrected chi connectivity index (χ2v) is 5.75. The van der Waals surface area contributed by atoms with Crippen molar-refractivity contribution in [3.8, 4) is 22.8 Å². The Morgan fingerprint density at radius 3 is 2.52 bits per heavy atom. The number of aromatic nitrogens is 1. The van der Waals surface area contributed by atoms with E-state index in [0.29, 0.717) is 11.5 Å². The SMILES string of the molecule is Br.COc1ccc(-c2csc(N/N=C/c3ccccc3)n2)cc1OC. The number of rotatable bonds is 6. The summed E-state index contributed by atoms with van der Waals surface area (Å²) in [5.41, 5.74) is 5.81. The molecule has 0 saturated carbocycles. The van der Waals surface area contributed by atoms with Crippen molar-refractivity contribution >= 4 is 39.7 Å². The Bertz CT molecular complexity index is 837. The van der Waals surface area contributed by atoms with Crippen LogP contribution in [0.3, 0.4) is 0 Å². The first kappa shape index (κ1) is 19.0. The molecule has 0 fully saturated rings. The zero-order valence-electron chi connectivity index (χ0n) is 13.8. The molecule has 0 bridgehead atoms. The van der Waals surface area contributed by atoms with Crippen LogP contribution in [0.4, 0.5) is 5.13 Å². The molecule has 0 aliphatic heterocycles. The molecule has 0 unspecified atom stereocenters. The van der Waals surface area contributed by atoms with E-state index in [-0.39, 0.29) is 17.0 Å². The maximum Gasteiger partial charge on any atom is 0.203 e. The predicted octanol–water partition coefficient (Wildman–Crippen LogP) is 4.85. The minimum Gasteiger partial charge on any atom is -0.493 e. The maximum absolute atomic E-state index is 5.33. The van der Waals surface area contributed by atoms with Gasteiger partial charge in [-0.25, -0.2) is 4.98 Å². The number of halogens is 1. The summed E-state index contributed by atoms with van der Waals surface area (Å²) >= 11 is 1.49. The highest BCUT2D eigenvalue weighted by Gasteiger charge is 2.09. The monoisotopic (exact) mass is 419 g/mol.